The van der Waals surface area contributed by atoms with Crippen LogP contribution in [0.1, 0.15) is 48.7 Å². The molecule has 3 aromatic carbocycles. The van der Waals surface area contributed by atoms with E-state index in [2.05, 4.69) is 21.3 Å². The van der Waals surface area contributed by atoms with E-state index in [-0.39, 0.29) is 29.7 Å². The number of nitrogens with zero attached hydrogens (tertiary/aromatic N) is 1. The summed E-state index contributed by atoms with van der Waals surface area (Å²) in [5, 5.41) is 11.5. The van der Waals surface area contributed by atoms with Crippen LogP contribution in [-0.2, 0) is 27.2 Å². The van der Waals surface area contributed by atoms with Gasteiger partial charge in [0.25, 0.3) is 5.91 Å². The van der Waals surface area contributed by atoms with Gasteiger partial charge in [0, 0.05) is 13.5 Å². The minimum absolute atomic E-state index is 0.0894. The zero-order chi connectivity index (χ0) is 32.9. The van der Waals surface area contributed by atoms with Gasteiger partial charge in [0.2, 0.25) is 17.7 Å². The summed E-state index contributed by atoms with van der Waals surface area (Å²) in [7, 11) is 3.29. The Morgan fingerprint density at radius 2 is 1.29 bits per heavy atom. The molecule has 0 aliphatic carbocycles. The van der Waals surface area contributed by atoms with Gasteiger partial charge in [-0.2, -0.15) is 0 Å². The third-order valence-electron chi connectivity index (χ3n) is 7.45. The standard InChI is InChI=1S/C35H46N6O4/c1-23(2)20-30(40-33(43)29(37-4)21-25-14-8-6-9-15-25)35(45)41(5)31(22-26-16-10-7-11-17-26)34(44)39-28-19-13-12-18-27(28)32(42)38-24(3)36/h6-19,23-24,29-31,37H,20-22,36H2,1-5H3,(H,38,42)(H,39,44)(H,40,43)/t24-,29-,30-,31-/m0/s1. The second-order valence-corrected chi connectivity index (χ2v) is 11.7. The van der Waals surface area contributed by atoms with E-state index in [1.165, 1.54) is 4.90 Å². The second kappa shape index (κ2) is 17.1. The summed E-state index contributed by atoms with van der Waals surface area (Å²) >= 11 is 0. The van der Waals surface area contributed by atoms with Gasteiger partial charge >= 0.3 is 0 Å². The summed E-state index contributed by atoms with van der Waals surface area (Å²) in [4.78, 5) is 55.7. The van der Waals surface area contributed by atoms with E-state index < -0.39 is 36.1 Å². The van der Waals surface area contributed by atoms with E-state index in [4.69, 9.17) is 5.73 Å². The lowest BCUT2D eigenvalue weighted by Crippen LogP contribution is -2.56. The van der Waals surface area contributed by atoms with Crippen molar-refractivity contribution in [2.45, 2.75) is 64.3 Å². The minimum Gasteiger partial charge on any atom is -0.343 e. The number of carbonyl (C=O) groups excluding carboxylic acids is 4. The van der Waals surface area contributed by atoms with Crippen LogP contribution in [0.3, 0.4) is 0 Å². The molecule has 6 N–H and O–H groups in total. The Labute approximate surface area is 266 Å². The molecule has 0 spiro atoms. The summed E-state index contributed by atoms with van der Waals surface area (Å²) < 4.78 is 0. The molecule has 0 bridgehead atoms. The number of amides is 4. The molecule has 45 heavy (non-hydrogen) atoms. The molecule has 4 amide bonds. The van der Waals surface area contributed by atoms with E-state index in [9.17, 15) is 19.2 Å². The lowest BCUT2D eigenvalue weighted by molar-refractivity contribution is -0.141. The van der Waals surface area contributed by atoms with Crippen molar-refractivity contribution in [2.24, 2.45) is 11.7 Å². The van der Waals surface area contributed by atoms with Gasteiger partial charge in [0.15, 0.2) is 0 Å². The molecule has 0 aliphatic rings. The molecule has 4 atom stereocenters. The smallest absolute Gasteiger partial charge is 0.254 e. The first-order valence-corrected chi connectivity index (χ1v) is 15.3. The van der Waals surface area contributed by atoms with Crippen molar-refractivity contribution in [3.05, 3.63) is 102 Å². The minimum atomic E-state index is -0.944. The molecule has 10 nitrogen and oxygen atoms in total. The maximum Gasteiger partial charge on any atom is 0.254 e. The molecular formula is C35H46N6O4. The average Bonchev–Trinajstić information content (AvgIpc) is 3.02. The van der Waals surface area contributed by atoms with Gasteiger partial charge in [0.05, 0.1) is 23.5 Å². The van der Waals surface area contributed by atoms with E-state index in [0.717, 1.165) is 11.1 Å². The van der Waals surface area contributed by atoms with Crippen molar-refractivity contribution in [1.82, 2.24) is 20.9 Å². The van der Waals surface area contributed by atoms with Crippen molar-refractivity contribution in [3.63, 3.8) is 0 Å². The molecule has 0 unspecified atom stereocenters. The number of hydrogen-bond donors (Lipinski definition) is 5. The second-order valence-electron chi connectivity index (χ2n) is 11.7. The Kier molecular flexibility index (Phi) is 13.3. The van der Waals surface area contributed by atoms with E-state index in [1.54, 1.807) is 45.3 Å². The highest BCUT2D eigenvalue weighted by Gasteiger charge is 2.34. The molecule has 0 radical (unpaired) electrons. The summed E-state index contributed by atoms with van der Waals surface area (Å²) in [5.41, 5.74) is 8.14. The van der Waals surface area contributed by atoms with Gasteiger partial charge in [-0.25, -0.2) is 0 Å². The maximum absolute atomic E-state index is 14.1. The number of anilines is 1. The Morgan fingerprint density at radius 1 is 0.733 bits per heavy atom. The van der Waals surface area contributed by atoms with Gasteiger partial charge in [-0.1, -0.05) is 86.6 Å². The summed E-state index contributed by atoms with van der Waals surface area (Å²) in [6.45, 7) is 5.59. The Balaban J connectivity index is 1.88. The number of likely N-dealkylation sites (N-methyl/N-ethyl adjacent to an activating group) is 2. The third-order valence-corrected chi connectivity index (χ3v) is 7.45. The molecule has 0 saturated carbocycles. The van der Waals surface area contributed by atoms with Crippen LogP contribution in [0.5, 0.6) is 0 Å². The lowest BCUT2D eigenvalue weighted by Gasteiger charge is -2.32. The van der Waals surface area contributed by atoms with Gasteiger partial charge in [-0.3, -0.25) is 19.2 Å². The summed E-state index contributed by atoms with van der Waals surface area (Å²) in [6, 6.07) is 23.3. The van der Waals surface area contributed by atoms with Gasteiger partial charge < -0.3 is 31.9 Å². The monoisotopic (exact) mass is 614 g/mol. The number of hydrogen-bond acceptors (Lipinski definition) is 6. The number of rotatable bonds is 15. The molecule has 3 rings (SSSR count). The first-order chi connectivity index (χ1) is 21.5. The quantitative estimate of drug-likeness (QED) is 0.166. The highest BCUT2D eigenvalue weighted by Crippen LogP contribution is 2.19. The average molecular weight is 615 g/mol. The van der Waals surface area contributed by atoms with Crippen molar-refractivity contribution < 1.29 is 19.2 Å². The molecule has 0 heterocycles. The van der Waals surface area contributed by atoms with Crippen LogP contribution in [0.4, 0.5) is 5.69 Å². The van der Waals surface area contributed by atoms with Crippen molar-refractivity contribution >= 4 is 29.3 Å². The van der Waals surface area contributed by atoms with Gasteiger partial charge in [-0.15, -0.1) is 0 Å². The van der Waals surface area contributed by atoms with Crippen LogP contribution in [0, 0.1) is 5.92 Å². The Morgan fingerprint density at radius 3 is 1.84 bits per heavy atom. The van der Waals surface area contributed by atoms with E-state index in [0.29, 0.717) is 18.5 Å². The number of nitrogens with two attached hydrogens (primary N) is 1. The van der Waals surface area contributed by atoms with Crippen LogP contribution in [0.15, 0.2) is 84.9 Å². The fraction of sp³-hybridized carbons (Fsp3) is 0.371. The largest absolute Gasteiger partial charge is 0.343 e. The topological polar surface area (TPSA) is 146 Å². The molecule has 0 aliphatic heterocycles. The molecule has 3 aromatic rings. The van der Waals surface area contributed by atoms with Crippen LogP contribution >= 0.6 is 0 Å². The fourth-order valence-electron chi connectivity index (χ4n) is 5.07. The predicted octanol–water partition coefficient (Wildman–Crippen LogP) is 3.09. The van der Waals surface area contributed by atoms with Crippen LogP contribution < -0.4 is 27.0 Å². The van der Waals surface area contributed by atoms with Gasteiger partial charge in [-0.05, 0) is 56.0 Å². The zero-order valence-corrected chi connectivity index (χ0v) is 26.7. The molecule has 0 fully saturated rings. The number of nitrogens with one attached hydrogen (secondary N) is 4. The number of benzene rings is 3. The van der Waals surface area contributed by atoms with Crippen molar-refractivity contribution in [1.29, 1.82) is 0 Å². The molecule has 10 heteroatoms. The maximum atomic E-state index is 14.1. The SMILES string of the molecule is CN[C@@H](Cc1ccccc1)C(=O)N[C@@H](CC(C)C)C(=O)N(C)[C@@H](Cc1ccccc1)C(=O)Nc1ccccc1C(=O)N[C@@H](C)N. The third kappa shape index (κ3) is 10.5. The first kappa shape index (κ1) is 34.9. The highest BCUT2D eigenvalue weighted by molar-refractivity contribution is 6.05. The summed E-state index contributed by atoms with van der Waals surface area (Å²) in [5.74, 6) is -1.49. The van der Waals surface area contributed by atoms with E-state index in [1.807, 2.05) is 74.5 Å². The number of para-hydroxylation sites is 1. The Hall–Kier alpha value is -4.54. The fourth-order valence-corrected chi connectivity index (χ4v) is 5.07. The van der Waals surface area contributed by atoms with Crippen LogP contribution in [-0.4, -0.2) is 66.9 Å². The number of carbonyl (C=O) groups is 4. The lowest BCUT2D eigenvalue weighted by atomic mass is 9.98. The normalized spacial score (nSPS) is 13.7. The predicted molar refractivity (Wildman–Crippen MR) is 177 cm³/mol. The van der Waals surface area contributed by atoms with Crippen molar-refractivity contribution in [2.75, 3.05) is 19.4 Å². The van der Waals surface area contributed by atoms with Crippen molar-refractivity contribution in [3.8, 4) is 0 Å². The Bertz CT molecular complexity index is 1410. The summed E-state index contributed by atoms with van der Waals surface area (Å²) in [6.07, 6.45) is 0.477. The molecule has 0 aromatic heterocycles. The van der Waals surface area contributed by atoms with Crippen LogP contribution in [0.2, 0.25) is 0 Å². The first-order valence-electron chi connectivity index (χ1n) is 15.3. The molecule has 240 valence electrons. The van der Waals surface area contributed by atoms with E-state index >= 15 is 0 Å². The molecular weight excluding hydrogens is 568 g/mol. The zero-order valence-electron chi connectivity index (χ0n) is 26.7. The molecule has 0 saturated heterocycles. The van der Waals surface area contributed by atoms with Crippen LogP contribution in [0.25, 0.3) is 0 Å². The highest BCUT2D eigenvalue weighted by atomic mass is 16.2. The van der Waals surface area contributed by atoms with Gasteiger partial charge in [0.1, 0.15) is 12.1 Å².